The minimum absolute atomic E-state index is 0.196. The van der Waals surface area contributed by atoms with Crippen molar-refractivity contribution >= 4 is 5.91 Å². The lowest BCUT2D eigenvalue weighted by atomic mass is 10.1. The number of nitrogens with zero attached hydrogens (tertiary/aromatic N) is 4. The van der Waals surface area contributed by atoms with E-state index in [2.05, 4.69) is 20.4 Å². The van der Waals surface area contributed by atoms with E-state index in [0.29, 0.717) is 11.3 Å². The summed E-state index contributed by atoms with van der Waals surface area (Å²) < 4.78 is 20.0. The van der Waals surface area contributed by atoms with Gasteiger partial charge in [0, 0.05) is 23.7 Å². The number of carbonyl (C=O) groups is 1. The second-order valence-electron chi connectivity index (χ2n) is 5.73. The lowest BCUT2D eigenvalue weighted by Crippen LogP contribution is -2.27. The maximum absolute atomic E-state index is 13.4. The molecule has 2 aromatic heterocycles. The molecule has 7 nitrogen and oxygen atoms in total. The highest BCUT2D eigenvalue weighted by Crippen LogP contribution is 2.21. The van der Waals surface area contributed by atoms with E-state index < -0.39 is 0 Å². The molecule has 0 bridgehead atoms. The van der Waals surface area contributed by atoms with Gasteiger partial charge in [-0.3, -0.25) is 4.79 Å². The molecule has 0 radical (unpaired) electrons. The van der Waals surface area contributed by atoms with Crippen LogP contribution in [0.4, 0.5) is 4.39 Å². The fourth-order valence-electron chi connectivity index (χ4n) is 2.61. The molecule has 26 heavy (non-hydrogen) atoms. The Balaban J connectivity index is 1.77. The fourth-order valence-corrected chi connectivity index (χ4v) is 2.61. The lowest BCUT2D eigenvalue weighted by Gasteiger charge is -2.14. The van der Waals surface area contributed by atoms with E-state index in [0.717, 1.165) is 11.3 Å². The summed E-state index contributed by atoms with van der Waals surface area (Å²) in [5, 5.41) is 7.19. The van der Waals surface area contributed by atoms with Gasteiger partial charge in [0.2, 0.25) is 0 Å². The van der Waals surface area contributed by atoms with Crippen LogP contribution >= 0.6 is 0 Å². The highest BCUT2D eigenvalue weighted by atomic mass is 19.1. The molecule has 0 fully saturated rings. The van der Waals surface area contributed by atoms with Crippen molar-refractivity contribution in [2.45, 2.75) is 19.9 Å². The summed E-state index contributed by atoms with van der Waals surface area (Å²) in [6.07, 6.45) is 4.46. The van der Waals surface area contributed by atoms with Gasteiger partial charge in [0.1, 0.15) is 5.82 Å². The third kappa shape index (κ3) is 3.53. The van der Waals surface area contributed by atoms with Gasteiger partial charge in [0.15, 0.2) is 0 Å². The van der Waals surface area contributed by atoms with Gasteiger partial charge in [-0.25, -0.2) is 19.0 Å². The van der Waals surface area contributed by atoms with Crippen molar-refractivity contribution in [3.05, 3.63) is 65.5 Å². The van der Waals surface area contributed by atoms with E-state index in [-0.39, 0.29) is 23.8 Å². The molecule has 1 amide bonds. The van der Waals surface area contributed by atoms with Crippen LogP contribution in [-0.4, -0.2) is 32.8 Å². The zero-order valence-corrected chi connectivity index (χ0v) is 14.6. The number of carbonyl (C=O) groups excluding carboxylic acids is 1. The summed E-state index contributed by atoms with van der Waals surface area (Å²) >= 11 is 0. The molecule has 0 spiro atoms. The molecule has 1 aromatic carbocycles. The number of hydrogen-bond acceptors (Lipinski definition) is 5. The number of amides is 1. The van der Waals surface area contributed by atoms with Crippen molar-refractivity contribution in [3.63, 3.8) is 0 Å². The Morgan fingerprint density at radius 2 is 2.00 bits per heavy atom. The average molecular weight is 355 g/mol. The Bertz CT molecular complexity index is 924. The maximum atomic E-state index is 13.4. The highest BCUT2D eigenvalue weighted by molar-refractivity contribution is 5.93. The summed E-state index contributed by atoms with van der Waals surface area (Å²) in [7, 11) is 1.45. The van der Waals surface area contributed by atoms with Gasteiger partial charge in [0.25, 0.3) is 5.91 Å². The third-order valence-corrected chi connectivity index (χ3v) is 3.99. The van der Waals surface area contributed by atoms with Crippen molar-refractivity contribution in [3.8, 4) is 11.7 Å². The number of halogens is 1. The Hall–Kier alpha value is -3.29. The summed E-state index contributed by atoms with van der Waals surface area (Å²) in [6.45, 7) is 3.72. The molecule has 3 aromatic rings. The van der Waals surface area contributed by atoms with Gasteiger partial charge < -0.3 is 10.1 Å². The Labute approximate surface area is 149 Å². The number of methoxy groups -OCH3 is 1. The van der Waals surface area contributed by atoms with Crippen LogP contribution in [-0.2, 0) is 0 Å². The summed E-state index contributed by atoms with van der Waals surface area (Å²) in [4.78, 5) is 20.2. The third-order valence-electron chi connectivity index (χ3n) is 3.99. The second kappa shape index (κ2) is 7.30. The van der Waals surface area contributed by atoms with Crippen molar-refractivity contribution in [2.75, 3.05) is 7.11 Å². The summed E-state index contributed by atoms with van der Waals surface area (Å²) in [6, 6.07) is 6.07. The predicted octanol–water partition coefficient (Wildman–Crippen LogP) is 2.61. The Kier molecular flexibility index (Phi) is 4.92. The minimum atomic E-state index is -0.334. The molecule has 1 atom stereocenters. The molecule has 8 heteroatoms. The zero-order chi connectivity index (χ0) is 18.7. The van der Waals surface area contributed by atoms with E-state index in [4.69, 9.17) is 4.74 Å². The minimum Gasteiger partial charge on any atom is -0.467 e. The van der Waals surface area contributed by atoms with Crippen LogP contribution in [0.2, 0.25) is 0 Å². The van der Waals surface area contributed by atoms with Crippen LogP contribution in [0.3, 0.4) is 0 Å². The largest absolute Gasteiger partial charge is 0.467 e. The molecule has 134 valence electrons. The molecule has 0 saturated heterocycles. The van der Waals surface area contributed by atoms with Crippen LogP contribution in [0.1, 0.15) is 34.6 Å². The molecular weight excluding hydrogens is 337 g/mol. The second-order valence-corrected chi connectivity index (χ2v) is 5.73. The quantitative estimate of drug-likeness (QED) is 0.761. The molecule has 3 rings (SSSR count). The van der Waals surface area contributed by atoms with Crippen LogP contribution in [0.15, 0.2) is 42.9 Å². The first-order valence-electron chi connectivity index (χ1n) is 7.97. The van der Waals surface area contributed by atoms with Gasteiger partial charge in [-0.1, -0.05) is 6.07 Å². The topological polar surface area (TPSA) is 81.9 Å². The van der Waals surface area contributed by atoms with Gasteiger partial charge in [-0.05, 0) is 32.0 Å². The predicted molar refractivity (Wildman–Crippen MR) is 92.7 cm³/mol. The van der Waals surface area contributed by atoms with Crippen LogP contribution in [0.25, 0.3) is 5.69 Å². The Morgan fingerprint density at radius 1 is 1.27 bits per heavy atom. The highest BCUT2D eigenvalue weighted by Gasteiger charge is 2.18. The molecule has 0 unspecified atom stereocenters. The van der Waals surface area contributed by atoms with Crippen LogP contribution in [0, 0.1) is 12.7 Å². The number of benzene rings is 1. The van der Waals surface area contributed by atoms with Gasteiger partial charge >= 0.3 is 6.01 Å². The first kappa shape index (κ1) is 17.5. The normalized spacial score (nSPS) is 11.8. The first-order valence-corrected chi connectivity index (χ1v) is 7.97. The smallest absolute Gasteiger partial charge is 0.316 e. The fraction of sp³-hybridized carbons (Fsp3) is 0.222. The standard InChI is InChI=1S/C18H18FN5O2/c1-11(23-17(25)13-8-20-18(26-3)21-9-13)16-10-22-24(12(16)2)15-6-4-5-14(19)7-15/h4-11H,1-3H3,(H,23,25)/t11-/m0/s1. The van der Waals surface area contributed by atoms with Gasteiger partial charge in [-0.2, -0.15) is 5.10 Å². The van der Waals surface area contributed by atoms with E-state index >= 15 is 0 Å². The number of ether oxygens (including phenoxy) is 1. The van der Waals surface area contributed by atoms with E-state index in [1.807, 2.05) is 13.8 Å². The van der Waals surface area contributed by atoms with Gasteiger partial charge in [-0.15, -0.1) is 0 Å². The van der Waals surface area contributed by atoms with E-state index in [9.17, 15) is 9.18 Å². The zero-order valence-electron chi connectivity index (χ0n) is 14.6. The summed E-state index contributed by atoms with van der Waals surface area (Å²) in [5.74, 6) is -0.641. The van der Waals surface area contributed by atoms with E-state index in [1.54, 1.807) is 23.0 Å². The maximum Gasteiger partial charge on any atom is 0.316 e. The molecule has 2 heterocycles. The lowest BCUT2D eigenvalue weighted by molar-refractivity contribution is 0.0939. The van der Waals surface area contributed by atoms with Crippen molar-refractivity contribution in [1.82, 2.24) is 25.1 Å². The molecule has 1 N–H and O–H groups in total. The average Bonchev–Trinajstić information content (AvgIpc) is 3.03. The number of nitrogens with one attached hydrogen (secondary N) is 1. The van der Waals surface area contributed by atoms with Crippen molar-refractivity contribution in [1.29, 1.82) is 0 Å². The molecule has 0 aliphatic heterocycles. The summed E-state index contributed by atoms with van der Waals surface area (Å²) in [5.41, 5.74) is 2.59. The molecule has 0 saturated carbocycles. The van der Waals surface area contributed by atoms with E-state index in [1.165, 1.54) is 31.6 Å². The molecule has 0 aliphatic rings. The van der Waals surface area contributed by atoms with Crippen molar-refractivity contribution in [2.24, 2.45) is 0 Å². The van der Waals surface area contributed by atoms with Crippen LogP contribution < -0.4 is 10.1 Å². The SMILES string of the molecule is COc1ncc(C(=O)N[C@@H](C)c2cnn(-c3cccc(F)c3)c2C)cn1. The van der Waals surface area contributed by atoms with Crippen molar-refractivity contribution < 1.29 is 13.9 Å². The molecule has 0 aliphatic carbocycles. The molecular formula is C18H18FN5O2. The first-order chi connectivity index (χ1) is 12.5. The monoisotopic (exact) mass is 355 g/mol. The van der Waals surface area contributed by atoms with Gasteiger partial charge in [0.05, 0.1) is 30.6 Å². The van der Waals surface area contributed by atoms with Crippen LogP contribution in [0.5, 0.6) is 6.01 Å². The number of rotatable bonds is 5. The Morgan fingerprint density at radius 3 is 2.65 bits per heavy atom. The number of aromatic nitrogens is 4. The number of hydrogen-bond donors (Lipinski definition) is 1.